The van der Waals surface area contributed by atoms with Gasteiger partial charge in [-0.3, -0.25) is 9.59 Å². The smallest absolute Gasteiger partial charge is 0.269 e. The Morgan fingerprint density at radius 3 is 2.55 bits per heavy atom. The van der Waals surface area contributed by atoms with Crippen LogP contribution in [-0.2, 0) is 23.0 Å². The van der Waals surface area contributed by atoms with Crippen LogP contribution >= 0.6 is 11.3 Å². The highest BCUT2D eigenvalue weighted by atomic mass is 32.2. The number of benzene rings is 1. The molecule has 0 atom stereocenters. The van der Waals surface area contributed by atoms with Crippen molar-refractivity contribution in [2.45, 2.75) is 31.7 Å². The average molecular weight is 429 g/mol. The van der Waals surface area contributed by atoms with Crippen molar-refractivity contribution < 1.29 is 18.0 Å². The van der Waals surface area contributed by atoms with Crippen LogP contribution in [-0.4, -0.2) is 35.5 Å². The summed E-state index contributed by atoms with van der Waals surface area (Å²) < 4.78 is 28.1. The largest absolute Gasteiger partial charge is 0.348 e. The van der Waals surface area contributed by atoms with Crippen molar-refractivity contribution >= 4 is 33.1 Å². The molecule has 0 N–H and O–H groups in total. The molecule has 6 nitrogen and oxygen atoms in total. The number of sulfonamides is 1. The maximum atomic E-state index is 12.9. The van der Waals surface area contributed by atoms with Gasteiger partial charge in [0.15, 0.2) is 5.78 Å². The predicted molar refractivity (Wildman–Crippen MR) is 111 cm³/mol. The molecule has 0 bridgehead atoms. The van der Waals surface area contributed by atoms with E-state index in [0.29, 0.717) is 9.87 Å². The van der Waals surface area contributed by atoms with Gasteiger partial charge < -0.3 is 4.57 Å². The molecule has 150 valence electrons. The lowest BCUT2D eigenvalue weighted by molar-refractivity contribution is 0.0820. The first-order valence-electron chi connectivity index (χ1n) is 9.19. The molecule has 4 rings (SSSR count). The third-order valence-corrected chi connectivity index (χ3v) is 7.96. The van der Waals surface area contributed by atoms with Crippen LogP contribution in [0.4, 0.5) is 0 Å². The first kappa shape index (κ1) is 19.6. The third-order valence-electron chi connectivity index (χ3n) is 5.24. The van der Waals surface area contributed by atoms with Crippen LogP contribution in [0.3, 0.4) is 0 Å². The third kappa shape index (κ3) is 3.32. The van der Waals surface area contributed by atoms with Gasteiger partial charge in [-0.1, -0.05) is 18.2 Å². The number of fused-ring (bicyclic) bond motifs is 1. The molecule has 0 saturated carbocycles. The molecular formula is C21H20N2O4S2. The summed E-state index contributed by atoms with van der Waals surface area (Å²) in [6.45, 7) is 4.01. The highest BCUT2D eigenvalue weighted by Gasteiger charge is 2.42. The van der Waals surface area contributed by atoms with Gasteiger partial charge in [0.2, 0.25) is 0 Å². The van der Waals surface area contributed by atoms with Crippen LogP contribution in [0.2, 0.25) is 0 Å². The standard InChI is InChI=1S/C21H20N2O4S2/c1-14-12-18(15(2)22(14)10-9-16-6-5-11-28-16)19(24)13-23-21(25)17-7-3-4-8-20(17)29(23,26)27/h3-8,11-12H,9-10,13H2,1-2H3. The summed E-state index contributed by atoms with van der Waals surface area (Å²) >= 11 is 1.69. The molecule has 1 aliphatic heterocycles. The number of aryl methyl sites for hydroxylation is 2. The number of rotatable bonds is 6. The Bertz CT molecular complexity index is 1210. The van der Waals surface area contributed by atoms with E-state index in [4.69, 9.17) is 0 Å². The van der Waals surface area contributed by atoms with E-state index in [9.17, 15) is 18.0 Å². The molecule has 3 heterocycles. The number of hydrogen-bond donors (Lipinski definition) is 0. The molecule has 1 aromatic carbocycles. The Morgan fingerprint density at radius 2 is 1.86 bits per heavy atom. The minimum absolute atomic E-state index is 0.0424. The number of Topliss-reactive ketones (excluding diaryl/α,β-unsaturated/α-hetero) is 1. The Balaban J connectivity index is 1.57. The summed E-state index contributed by atoms with van der Waals surface area (Å²) in [5.41, 5.74) is 2.28. The summed E-state index contributed by atoms with van der Waals surface area (Å²) in [6.07, 6.45) is 0.857. The molecule has 3 aromatic rings. The van der Waals surface area contributed by atoms with Crippen molar-refractivity contribution in [2.75, 3.05) is 6.54 Å². The number of ketones is 1. The van der Waals surface area contributed by atoms with Gasteiger partial charge in [0.05, 0.1) is 5.56 Å². The molecule has 1 aliphatic rings. The minimum Gasteiger partial charge on any atom is -0.348 e. The van der Waals surface area contributed by atoms with Gasteiger partial charge in [-0.15, -0.1) is 11.3 Å². The normalized spacial score (nSPS) is 15.0. The van der Waals surface area contributed by atoms with Gasteiger partial charge in [0, 0.05) is 28.4 Å². The number of nitrogens with zero attached hydrogens (tertiary/aromatic N) is 2. The second-order valence-electron chi connectivity index (χ2n) is 7.00. The van der Waals surface area contributed by atoms with Crippen molar-refractivity contribution in [2.24, 2.45) is 0 Å². The van der Waals surface area contributed by atoms with Crippen molar-refractivity contribution in [1.29, 1.82) is 0 Å². The Labute approximate surface area is 173 Å². The summed E-state index contributed by atoms with van der Waals surface area (Å²) in [6, 6.07) is 11.9. The van der Waals surface area contributed by atoms with Crippen LogP contribution in [0, 0.1) is 13.8 Å². The van der Waals surface area contributed by atoms with E-state index in [2.05, 4.69) is 10.6 Å². The quantitative estimate of drug-likeness (QED) is 0.564. The second kappa shape index (κ2) is 7.27. The number of carbonyl (C=O) groups is 2. The van der Waals surface area contributed by atoms with Crippen LogP contribution in [0.1, 0.15) is 37.0 Å². The number of carbonyl (C=O) groups excluding carboxylic acids is 2. The summed E-state index contributed by atoms with van der Waals surface area (Å²) in [7, 11) is -4.00. The first-order valence-corrected chi connectivity index (χ1v) is 11.5. The van der Waals surface area contributed by atoms with E-state index < -0.39 is 22.5 Å². The summed E-state index contributed by atoms with van der Waals surface area (Å²) in [4.78, 5) is 26.7. The second-order valence-corrected chi connectivity index (χ2v) is 9.86. The molecule has 0 saturated heterocycles. The molecule has 8 heteroatoms. The molecule has 29 heavy (non-hydrogen) atoms. The summed E-state index contributed by atoms with van der Waals surface area (Å²) in [5.74, 6) is -1.04. The zero-order valence-electron chi connectivity index (χ0n) is 16.1. The van der Waals surface area contributed by atoms with Crippen LogP contribution in [0.25, 0.3) is 0 Å². The van der Waals surface area contributed by atoms with Crippen molar-refractivity contribution in [1.82, 2.24) is 8.87 Å². The van der Waals surface area contributed by atoms with E-state index in [1.165, 1.54) is 17.0 Å². The van der Waals surface area contributed by atoms with Gasteiger partial charge in [0.25, 0.3) is 15.9 Å². The van der Waals surface area contributed by atoms with Gasteiger partial charge >= 0.3 is 0 Å². The fraction of sp³-hybridized carbons (Fsp3) is 0.238. The van der Waals surface area contributed by atoms with Crippen molar-refractivity contribution in [3.05, 3.63) is 75.2 Å². The topological polar surface area (TPSA) is 76.5 Å². The van der Waals surface area contributed by atoms with Gasteiger partial charge in [-0.2, -0.15) is 0 Å². The minimum atomic E-state index is -4.00. The van der Waals surface area contributed by atoms with Gasteiger partial charge in [0.1, 0.15) is 11.4 Å². The maximum Gasteiger partial charge on any atom is 0.269 e. The number of amides is 1. The molecule has 2 aromatic heterocycles. The lowest BCUT2D eigenvalue weighted by Crippen LogP contribution is -2.35. The molecule has 0 unspecified atom stereocenters. The lowest BCUT2D eigenvalue weighted by Gasteiger charge is -2.14. The molecular weight excluding hydrogens is 408 g/mol. The van der Waals surface area contributed by atoms with Gasteiger partial charge in [-0.05, 0) is 49.9 Å². The number of thiophene rings is 1. The van der Waals surface area contributed by atoms with Crippen molar-refractivity contribution in [3.8, 4) is 0 Å². The molecule has 0 radical (unpaired) electrons. The highest BCUT2D eigenvalue weighted by Crippen LogP contribution is 2.30. The monoisotopic (exact) mass is 428 g/mol. The van der Waals surface area contributed by atoms with Gasteiger partial charge in [-0.25, -0.2) is 12.7 Å². The average Bonchev–Trinajstić information content (AvgIpc) is 3.35. The van der Waals surface area contributed by atoms with Crippen LogP contribution in [0.15, 0.2) is 52.7 Å². The number of hydrogen-bond acceptors (Lipinski definition) is 5. The van der Waals surface area contributed by atoms with E-state index in [1.807, 2.05) is 25.3 Å². The Hall–Kier alpha value is -2.71. The molecule has 0 aliphatic carbocycles. The van der Waals surface area contributed by atoms with Crippen LogP contribution < -0.4 is 0 Å². The zero-order valence-corrected chi connectivity index (χ0v) is 17.7. The van der Waals surface area contributed by atoms with E-state index in [0.717, 1.165) is 24.4 Å². The first-order chi connectivity index (χ1) is 13.8. The lowest BCUT2D eigenvalue weighted by atomic mass is 10.1. The summed E-state index contributed by atoms with van der Waals surface area (Å²) in [5, 5.41) is 2.03. The fourth-order valence-corrected chi connectivity index (χ4v) is 5.93. The van der Waals surface area contributed by atoms with Crippen molar-refractivity contribution in [3.63, 3.8) is 0 Å². The zero-order chi connectivity index (χ0) is 20.8. The van der Waals surface area contributed by atoms with E-state index >= 15 is 0 Å². The van der Waals surface area contributed by atoms with E-state index in [1.54, 1.807) is 29.5 Å². The molecule has 0 spiro atoms. The molecule has 0 fully saturated rings. The molecule has 1 amide bonds. The van der Waals surface area contributed by atoms with Crippen LogP contribution in [0.5, 0.6) is 0 Å². The highest BCUT2D eigenvalue weighted by molar-refractivity contribution is 7.90. The fourth-order valence-electron chi connectivity index (χ4n) is 3.71. The number of aromatic nitrogens is 1. The predicted octanol–water partition coefficient (Wildman–Crippen LogP) is 3.44. The van der Waals surface area contributed by atoms with E-state index in [-0.39, 0.29) is 16.2 Å². The Morgan fingerprint density at radius 1 is 1.10 bits per heavy atom. The Kier molecular flexibility index (Phi) is 4.92. The SMILES string of the molecule is Cc1cc(C(=O)CN2C(=O)c3ccccc3S2(=O)=O)c(C)n1CCc1cccs1. The maximum absolute atomic E-state index is 12.9.